The lowest BCUT2D eigenvalue weighted by Gasteiger charge is -2.14. The van der Waals surface area contributed by atoms with Gasteiger partial charge in [-0.3, -0.25) is 0 Å². The van der Waals surface area contributed by atoms with Gasteiger partial charge < -0.3 is 10.6 Å². The molecular formula is C13H22N2S. The van der Waals surface area contributed by atoms with Crippen molar-refractivity contribution < 1.29 is 0 Å². The lowest BCUT2D eigenvalue weighted by molar-refractivity contribution is 0.421. The summed E-state index contributed by atoms with van der Waals surface area (Å²) < 4.78 is 0. The summed E-state index contributed by atoms with van der Waals surface area (Å²) in [5.74, 6) is 1.63. The molecule has 0 aromatic carbocycles. The molecule has 1 aliphatic rings. The fraction of sp³-hybridized carbons (Fsp3) is 0.692. The number of thiophene rings is 1. The summed E-state index contributed by atoms with van der Waals surface area (Å²) in [6.45, 7) is 9.10. The Morgan fingerprint density at radius 1 is 1.38 bits per heavy atom. The van der Waals surface area contributed by atoms with E-state index in [1.54, 1.807) is 0 Å². The van der Waals surface area contributed by atoms with E-state index in [4.69, 9.17) is 0 Å². The van der Waals surface area contributed by atoms with Crippen molar-refractivity contribution in [2.24, 2.45) is 11.8 Å². The van der Waals surface area contributed by atoms with Crippen LogP contribution in [0.15, 0.2) is 12.1 Å². The molecule has 1 fully saturated rings. The van der Waals surface area contributed by atoms with Crippen LogP contribution in [0, 0.1) is 11.8 Å². The Bertz CT molecular complexity index is 321. The first-order valence-electron chi connectivity index (χ1n) is 6.28. The highest BCUT2D eigenvalue weighted by molar-refractivity contribution is 7.11. The second-order valence-electron chi connectivity index (χ2n) is 4.75. The number of hydrogen-bond acceptors (Lipinski definition) is 3. The zero-order chi connectivity index (χ0) is 11.4. The van der Waals surface area contributed by atoms with E-state index in [1.807, 2.05) is 11.3 Å². The van der Waals surface area contributed by atoms with Gasteiger partial charge in [0.1, 0.15) is 0 Å². The molecule has 0 aliphatic carbocycles. The van der Waals surface area contributed by atoms with Gasteiger partial charge in [-0.1, -0.05) is 13.8 Å². The van der Waals surface area contributed by atoms with Gasteiger partial charge in [0.05, 0.1) is 0 Å². The van der Waals surface area contributed by atoms with Crippen molar-refractivity contribution in [3.63, 3.8) is 0 Å². The quantitative estimate of drug-likeness (QED) is 0.822. The van der Waals surface area contributed by atoms with Crippen LogP contribution in [0.1, 0.15) is 23.6 Å². The third-order valence-corrected chi connectivity index (χ3v) is 4.68. The summed E-state index contributed by atoms with van der Waals surface area (Å²) in [4.78, 5) is 2.96. The molecule has 0 amide bonds. The molecule has 0 radical (unpaired) electrons. The summed E-state index contributed by atoms with van der Waals surface area (Å²) >= 11 is 1.94. The molecule has 1 saturated heterocycles. The summed E-state index contributed by atoms with van der Waals surface area (Å²) in [6.07, 6.45) is 1.16. The SMILES string of the molecule is CCc1ccc(CNCC2CNCC2C)s1. The summed E-state index contributed by atoms with van der Waals surface area (Å²) in [5, 5.41) is 7.03. The zero-order valence-corrected chi connectivity index (χ0v) is 11.1. The van der Waals surface area contributed by atoms with Gasteiger partial charge in [-0.2, -0.15) is 0 Å². The predicted octanol–water partition coefficient (Wildman–Crippen LogP) is 2.26. The molecule has 2 unspecified atom stereocenters. The maximum atomic E-state index is 3.58. The van der Waals surface area contributed by atoms with Crippen LogP contribution in [0.25, 0.3) is 0 Å². The molecule has 1 aromatic heterocycles. The predicted molar refractivity (Wildman–Crippen MR) is 70.9 cm³/mol. The van der Waals surface area contributed by atoms with E-state index in [0.717, 1.165) is 31.3 Å². The maximum absolute atomic E-state index is 3.58. The molecule has 1 aromatic rings. The number of hydrogen-bond donors (Lipinski definition) is 2. The lowest BCUT2D eigenvalue weighted by atomic mass is 9.98. The highest BCUT2D eigenvalue weighted by Gasteiger charge is 2.22. The highest BCUT2D eigenvalue weighted by atomic mass is 32.1. The summed E-state index contributed by atoms with van der Waals surface area (Å²) in [7, 11) is 0. The maximum Gasteiger partial charge on any atom is 0.0299 e. The van der Waals surface area contributed by atoms with Crippen molar-refractivity contribution in [3.8, 4) is 0 Å². The molecule has 3 heteroatoms. The third kappa shape index (κ3) is 3.06. The van der Waals surface area contributed by atoms with Gasteiger partial charge in [0.25, 0.3) is 0 Å². The van der Waals surface area contributed by atoms with Crippen LogP contribution in [-0.4, -0.2) is 19.6 Å². The van der Waals surface area contributed by atoms with E-state index in [0.29, 0.717) is 0 Å². The van der Waals surface area contributed by atoms with Gasteiger partial charge in [0.2, 0.25) is 0 Å². The van der Waals surface area contributed by atoms with Crippen molar-refractivity contribution in [2.45, 2.75) is 26.8 Å². The fourth-order valence-corrected chi connectivity index (χ4v) is 3.15. The van der Waals surface area contributed by atoms with Crippen molar-refractivity contribution in [1.82, 2.24) is 10.6 Å². The van der Waals surface area contributed by atoms with E-state index in [1.165, 1.54) is 22.8 Å². The van der Waals surface area contributed by atoms with Crippen LogP contribution in [0.5, 0.6) is 0 Å². The first-order valence-corrected chi connectivity index (χ1v) is 7.10. The molecule has 0 saturated carbocycles. The highest BCUT2D eigenvalue weighted by Crippen LogP contribution is 2.18. The minimum Gasteiger partial charge on any atom is -0.316 e. The lowest BCUT2D eigenvalue weighted by Crippen LogP contribution is -2.26. The molecule has 16 heavy (non-hydrogen) atoms. The molecule has 0 spiro atoms. The summed E-state index contributed by atoms with van der Waals surface area (Å²) in [5.41, 5.74) is 0. The van der Waals surface area contributed by atoms with Crippen molar-refractivity contribution >= 4 is 11.3 Å². The monoisotopic (exact) mass is 238 g/mol. The number of rotatable bonds is 5. The van der Waals surface area contributed by atoms with Crippen LogP contribution < -0.4 is 10.6 Å². The zero-order valence-electron chi connectivity index (χ0n) is 10.3. The van der Waals surface area contributed by atoms with Crippen molar-refractivity contribution in [1.29, 1.82) is 0 Å². The largest absolute Gasteiger partial charge is 0.316 e. The Morgan fingerprint density at radius 3 is 2.81 bits per heavy atom. The Balaban J connectivity index is 1.71. The van der Waals surface area contributed by atoms with Gasteiger partial charge >= 0.3 is 0 Å². The van der Waals surface area contributed by atoms with E-state index in [2.05, 4.69) is 36.6 Å². The Morgan fingerprint density at radius 2 is 2.19 bits per heavy atom. The van der Waals surface area contributed by atoms with E-state index in [-0.39, 0.29) is 0 Å². The van der Waals surface area contributed by atoms with Gasteiger partial charge in [-0.25, -0.2) is 0 Å². The normalized spacial score (nSPS) is 25.1. The number of aryl methyl sites for hydroxylation is 1. The van der Waals surface area contributed by atoms with E-state index >= 15 is 0 Å². The second-order valence-corrected chi connectivity index (χ2v) is 6.00. The van der Waals surface area contributed by atoms with E-state index < -0.39 is 0 Å². The number of nitrogens with one attached hydrogen (secondary N) is 2. The average Bonchev–Trinajstić information content (AvgIpc) is 2.89. The Hall–Kier alpha value is -0.380. The fourth-order valence-electron chi connectivity index (χ4n) is 2.23. The average molecular weight is 238 g/mol. The molecule has 2 rings (SSSR count). The minimum absolute atomic E-state index is 0.811. The first kappa shape index (κ1) is 12.1. The molecule has 2 nitrogen and oxygen atoms in total. The molecule has 2 atom stereocenters. The molecule has 90 valence electrons. The minimum atomic E-state index is 0.811. The van der Waals surface area contributed by atoms with Crippen molar-refractivity contribution in [3.05, 3.63) is 21.9 Å². The van der Waals surface area contributed by atoms with Crippen LogP contribution in [-0.2, 0) is 13.0 Å². The smallest absolute Gasteiger partial charge is 0.0299 e. The van der Waals surface area contributed by atoms with Crippen LogP contribution in [0.3, 0.4) is 0 Å². The molecule has 1 aliphatic heterocycles. The summed E-state index contributed by atoms with van der Waals surface area (Å²) in [6, 6.07) is 4.51. The van der Waals surface area contributed by atoms with Gasteiger partial charge in [0.15, 0.2) is 0 Å². The van der Waals surface area contributed by atoms with Gasteiger partial charge in [-0.15, -0.1) is 11.3 Å². The first-order chi connectivity index (χ1) is 7.79. The van der Waals surface area contributed by atoms with Crippen molar-refractivity contribution in [2.75, 3.05) is 19.6 Å². The molecular weight excluding hydrogens is 216 g/mol. The van der Waals surface area contributed by atoms with Crippen LogP contribution >= 0.6 is 11.3 Å². The molecule has 0 bridgehead atoms. The topological polar surface area (TPSA) is 24.1 Å². The van der Waals surface area contributed by atoms with Crippen LogP contribution in [0.4, 0.5) is 0 Å². The standard InChI is InChI=1S/C13H22N2S/c1-3-12-4-5-13(16-12)9-15-8-11-7-14-6-10(11)2/h4-5,10-11,14-15H,3,6-9H2,1-2H3. The molecule has 2 N–H and O–H groups in total. The Labute approximate surface area is 102 Å². The van der Waals surface area contributed by atoms with Gasteiger partial charge in [0, 0.05) is 16.3 Å². The van der Waals surface area contributed by atoms with E-state index in [9.17, 15) is 0 Å². The molecule has 2 heterocycles. The third-order valence-electron chi connectivity index (χ3n) is 3.45. The van der Waals surface area contributed by atoms with Crippen LogP contribution in [0.2, 0.25) is 0 Å². The second kappa shape index (κ2) is 5.80. The Kier molecular flexibility index (Phi) is 4.38. The van der Waals surface area contributed by atoms with Gasteiger partial charge in [-0.05, 0) is 50.0 Å².